The molecule has 26 heavy (non-hydrogen) atoms. The summed E-state index contributed by atoms with van der Waals surface area (Å²) in [4.78, 5) is 26.3. The van der Waals surface area contributed by atoms with Crippen molar-refractivity contribution in [2.24, 2.45) is 5.92 Å². The molecule has 2 aromatic rings. The summed E-state index contributed by atoms with van der Waals surface area (Å²) >= 11 is 5.89. The van der Waals surface area contributed by atoms with Crippen LogP contribution >= 0.6 is 11.6 Å². The fraction of sp³-hybridized carbons (Fsp3) is 0.444. The molecule has 0 bridgehead atoms. The predicted molar refractivity (Wildman–Crippen MR) is 95.3 cm³/mol. The SMILES string of the molecule is Cc1nnc(CNC(=O)C2CCC(=O)N(CCc3ccc(Cl)cc3)C2)o1. The molecule has 8 heteroatoms. The average Bonchev–Trinajstić information content (AvgIpc) is 3.05. The molecular weight excluding hydrogens is 356 g/mol. The molecule has 7 nitrogen and oxygen atoms in total. The number of benzene rings is 1. The molecule has 2 amide bonds. The van der Waals surface area contributed by atoms with Crippen molar-refractivity contribution >= 4 is 23.4 Å². The second-order valence-corrected chi connectivity index (χ2v) is 6.82. The minimum absolute atomic E-state index is 0.0927. The summed E-state index contributed by atoms with van der Waals surface area (Å²) < 4.78 is 5.24. The molecule has 1 aromatic heterocycles. The highest BCUT2D eigenvalue weighted by Crippen LogP contribution is 2.19. The number of piperidine rings is 1. The maximum absolute atomic E-state index is 12.4. The Kier molecular flexibility index (Phi) is 5.88. The fourth-order valence-electron chi connectivity index (χ4n) is 2.98. The van der Waals surface area contributed by atoms with Gasteiger partial charge in [-0.3, -0.25) is 9.59 Å². The van der Waals surface area contributed by atoms with E-state index in [2.05, 4.69) is 15.5 Å². The Bertz CT molecular complexity index is 775. The molecule has 1 saturated heterocycles. The lowest BCUT2D eigenvalue weighted by Crippen LogP contribution is -2.46. The van der Waals surface area contributed by atoms with Gasteiger partial charge >= 0.3 is 0 Å². The fourth-order valence-corrected chi connectivity index (χ4v) is 3.10. The van der Waals surface area contributed by atoms with Crippen LogP contribution in [-0.4, -0.2) is 40.0 Å². The number of hydrogen-bond acceptors (Lipinski definition) is 5. The second-order valence-electron chi connectivity index (χ2n) is 6.38. The van der Waals surface area contributed by atoms with Gasteiger partial charge < -0.3 is 14.6 Å². The lowest BCUT2D eigenvalue weighted by atomic mass is 9.96. The van der Waals surface area contributed by atoms with Crippen LogP contribution in [0.3, 0.4) is 0 Å². The summed E-state index contributed by atoms with van der Waals surface area (Å²) in [6.45, 7) is 2.92. The van der Waals surface area contributed by atoms with Gasteiger partial charge in [-0.1, -0.05) is 23.7 Å². The van der Waals surface area contributed by atoms with Gasteiger partial charge in [0.2, 0.25) is 23.6 Å². The average molecular weight is 377 g/mol. The van der Waals surface area contributed by atoms with Crippen LogP contribution in [0.1, 0.15) is 30.2 Å². The Morgan fingerprint density at radius 2 is 2.12 bits per heavy atom. The number of likely N-dealkylation sites (tertiary alicyclic amines) is 1. The van der Waals surface area contributed by atoms with Gasteiger partial charge in [-0.15, -0.1) is 10.2 Å². The van der Waals surface area contributed by atoms with E-state index >= 15 is 0 Å². The zero-order chi connectivity index (χ0) is 18.5. The molecule has 1 aliphatic rings. The van der Waals surface area contributed by atoms with E-state index in [0.717, 1.165) is 12.0 Å². The van der Waals surface area contributed by atoms with Crippen molar-refractivity contribution in [3.05, 3.63) is 46.6 Å². The number of rotatable bonds is 6. The molecule has 1 aromatic carbocycles. The third-order valence-electron chi connectivity index (χ3n) is 4.44. The van der Waals surface area contributed by atoms with Crippen molar-refractivity contribution in [3.8, 4) is 0 Å². The molecule has 0 spiro atoms. The first kappa shape index (κ1) is 18.4. The summed E-state index contributed by atoms with van der Waals surface area (Å²) in [7, 11) is 0. The second kappa shape index (κ2) is 8.31. The van der Waals surface area contributed by atoms with E-state index in [0.29, 0.717) is 42.7 Å². The Balaban J connectivity index is 1.50. The predicted octanol–water partition coefficient (Wildman–Crippen LogP) is 2.13. The van der Waals surface area contributed by atoms with Gasteiger partial charge in [-0.2, -0.15) is 0 Å². The molecule has 1 aliphatic heterocycles. The van der Waals surface area contributed by atoms with E-state index in [1.165, 1.54) is 0 Å². The number of carbonyl (C=O) groups is 2. The van der Waals surface area contributed by atoms with Crippen LogP contribution < -0.4 is 5.32 Å². The third-order valence-corrected chi connectivity index (χ3v) is 4.69. The molecule has 1 N–H and O–H groups in total. The van der Waals surface area contributed by atoms with Gasteiger partial charge in [0.25, 0.3) is 0 Å². The molecule has 0 saturated carbocycles. The Hall–Kier alpha value is -2.41. The Morgan fingerprint density at radius 1 is 1.35 bits per heavy atom. The standard InChI is InChI=1S/C18H21ClN4O3/c1-12-21-22-16(26-12)10-20-18(25)14-4-7-17(24)23(11-14)9-8-13-2-5-15(19)6-3-13/h2-3,5-6,14H,4,7-11H2,1H3,(H,20,25). The number of aryl methyl sites for hydroxylation is 1. The Labute approximate surface area is 156 Å². The smallest absolute Gasteiger partial charge is 0.235 e. The van der Waals surface area contributed by atoms with Crippen molar-refractivity contribution in [1.29, 1.82) is 0 Å². The first-order chi connectivity index (χ1) is 12.5. The normalized spacial score (nSPS) is 17.4. The number of amides is 2. The van der Waals surface area contributed by atoms with Crippen LogP contribution in [0.2, 0.25) is 5.02 Å². The van der Waals surface area contributed by atoms with Gasteiger partial charge in [-0.05, 0) is 30.5 Å². The van der Waals surface area contributed by atoms with E-state index in [1.807, 2.05) is 24.3 Å². The molecule has 0 aliphatic carbocycles. The first-order valence-corrected chi connectivity index (χ1v) is 8.98. The summed E-state index contributed by atoms with van der Waals surface area (Å²) in [5.41, 5.74) is 1.11. The van der Waals surface area contributed by atoms with E-state index < -0.39 is 0 Å². The first-order valence-electron chi connectivity index (χ1n) is 8.60. The van der Waals surface area contributed by atoms with Gasteiger partial charge in [0, 0.05) is 31.5 Å². The largest absolute Gasteiger partial charge is 0.424 e. The molecule has 138 valence electrons. The van der Waals surface area contributed by atoms with Crippen LogP contribution in [-0.2, 0) is 22.6 Å². The quantitative estimate of drug-likeness (QED) is 0.834. The minimum atomic E-state index is -0.220. The number of carbonyl (C=O) groups excluding carboxylic acids is 2. The van der Waals surface area contributed by atoms with Crippen LogP contribution in [0, 0.1) is 12.8 Å². The number of aromatic nitrogens is 2. The summed E-state index contributed by atoms with van der Waals surface area (Å²) in [5.74, 6) is 0.621. The van der Waals surface area contributed by atoms with Crippen molar-refractivity contribution in [3.63, 3.8) is 0 Å². The van der Waals surface area contributed by atoms with Crippen molar-refractivity contribution < 1.29 is 14.0 Å². The van der Waals surface area contributed by atoms with Crippen LogP contribution in [0.15, 0.2) is 28.7 Å². The van der Waals surface area contributed by atoms with Crippen LogP contribution in [0.25, 0.3) is 0 Å². The van der Waals surface area contributed by atoms with E-state index in [9.17, 15) is 9.59 Å². The van der Waals surface area contributed by atoms with Crippen molar-refractivity contribution in [1.82, 2.24) is 20.4 Å². The molecule has 0 radical (unpaired) electrons. The van der Waals surface area contributed by atoms with Gasteiger partial charge in [-0.25, -0.2) is 0 Å². The van der Waals surface area contributed by atoms with Crippen LogP contribution in [0.4, 0.5) is 0 Å². The number of halogens is 1. The molecular formula is C18H21ClN4O3. The monoisotopic (exact) mass is 376 g/mol. The summed E-state index contributed by atoms with van der Waals surface area (Å²) in [6.07, 6.45) is 1.68. The molecule has 1 unspecified atom stereocenters. The van der Waals surface area contributed by atoms with Gasteiger partial charge in [0.05, 0.1) is 12.5 Å². The maximum atomic E-state index is 12.4. The molecule has 3 rings (SSSR count). The zero-order valence-corrected chi connectivity index (χ0v) is 15.3. The highest BCUT2D eigenvalue weighted by Gasteiger charge is 2.30. The number of nitrogens with one attached hydrogen (secondary N) is 1. The van der Waals surface area contributed by atoms with Crippen LogP contribution in [0.5, 0.6) is 0 Å². The van der Waals surface area contributed by atoms with Gasteiger partial charge in [0.1, 0.15) is 0 Å². The molecule has 2 heterocycles. The van der Waals surface area contributed by atoms with E-state index in [4.69, 9.17) is 16.0 Å². The highest BCUT2D eigenvalue weighted by molar-refractivity contribution is 6.30. The number of nitrogens with zero attached hydrogens (tertiary/aromatic N) is 3. The zero-order valence-electron chi connectivity index (χ0n) is 14.6. The van der Waals surface area contributed by atoms with Gasteiger partial charge in [0.15, 0.2) is 0 Å². The maximum Gasteiger partial charge on any atom is 0.235 e. The highest BCUT2D eigenvalue weighted by atomic mass is 35.5. The molecule has 1 atom stereocenters. The third kappa shape index (κ3) is 4.82. The molecule has 1 fully saturated rings. The lowest BCUT2D eigenvalue weighted by Gasteiger charge is -2.32. The Morgan fingerprint density at radius 3 is 2.81 bits per heavy atom. The van der Waals surface area contributed by atoms with E-state index in [1.54, 1.807) is 11.8 Å². The minimum Gasteiger partial charge on any atom is -0.424 e. The summed E-state index contributed by atoms with van der Waals surface area (Å²) in [5, 5.41) is 11.1. The van der Waals surface area contributed by atoms with E-state index in [-0.39, 0.29) is 24.3 Å². The topological polar surface area (TPSA) is 88.3 Å². The lowest BCUT2D eigenvalue weighted by molar-refractivity contribution is -0.138. The van der Waals surface area contributed by atoms with Crippen molar-refractivity contribution in [2.75, 3.05) is 13.1 Å². The summed E-state index contributed by atoms with van der Waals surface area (Å²) in [6, 6.07) is 7.58. The van der Waals surface area contributed by atoms with Crippen molar-refractivity contribution in [2.45, 2.75) is 32.7 Å². The number of hydrogen-bond donors (Lipinski definition) is 1.